The van der Waals surface area contributed by atoms with Crippen LogP contribution in [0.2, 0.25) is 0 Å². The predicted molar refractivity (Wildman–Crippen MR) is 89.7 cm³/mol. The Labute approximate surface area is 139 Å². The Bertz CT molecular complexity index is 645. The summed E-state index contributed by atoms with van der Waals surface area (Å²) in [6.45, 7) is 0.582. The van der Waals surface area contributed by atoms with E-state index in [4.69, 9.17) is 0 Å². The lowest BCUT2D eigenvalue weighted by Crippen LogP contribution is -2.25. The van der Waals surface area contributed by atoms with Crippen molar-refractivity contribution >= 4 is 23.6 Å². The molecule has 6 heteroatoms. The molecule has 23 heavy (non-hydrogen) atoms. The number of methoxy groups -OCH3 is 1. The minimum atomic E-state index is -0.470. The number of ether oxygens (including phenoxy) is 1. The van der Waals surface area contributed by atoms with Crippen LogP contribution in [0.1, 0.15) is 27.3 Å². The molecule has 120 valence electrons. The monoisotopic (exact) mass is 330 g/mol. The number of amides is 1. The van der Waals surface area contributed by atoms with E-state index in [0.29, 0.717) is 12.1 Å². The molecular weight excluding hydrogens is 312 g/mol. The molecule has 0 bridgehead atoms. The zero-order valence-corrected chi connectivity index (χ0v) is 13.6. The molecule has 5 nitrogen and oxygen atoms in total. The minimum Gasteiger partial charge on any atom is -0.465 e. The summed E-state index contributed by atoms with van der Waals surface area (Å²) in [5.74, 6) is 0.215. The zero-order valence-electron chi connectivity index (χ0n) is 12.8. The number of benzene rings is 1. The van der Waals surface area contributed by atoms with Gasteiger partial charge in [0.25, 0.3) is 5.91 Å². The molecule has 0 aliphatic carbocycles. The fourth-order valence-corrected chi connectivity index (χ4v) is 2.71. The maximum absolute atomic E-state index is 11.9. The Kier molecular flexibility index (Phi) is 6.62. The highest BCUT2D eigenvalue weighted by atomic mass is 32.2. The Morgan fingerprint density at radius 3 is 2.61 bits per heavy atom. The van der Waals surface area contributed by atoms with Crippen molar-refractivity contribution in [1.29, 1.82) is 0 Å². The van der Waals surface area contributed by atoms with Crippen LogP contribution in [0.5, 0.6) is 0 Å². The molecule has 0 saturated carbocycles. The van der Waals surface area contributed by atoms with Crippen molar-refractivity contribution in [3.63, 3.8) is 0 Å². The standard InChI is InChI=1S/C17H18N2O3S/c1-22-17(21)13-8-9-15(19-12-13)16(20)18-10-5-11-23-14-6-3-2-4-7-14/h2-4,6-9,12H,5,10-11H2,1H3,(H,18,20). The minimum absolute atomic E-state index is 0.244. The van der Waals surface area contributed by atoms with Gasteiger partial charge in [0.15, 0.2) is 0 Å². The number of hydrogen-bond acceptors (Lipinski definition) is 5. The van der Waals surface area contributed by atoms with Gasteiger partial charge in [-0.2, -0.15) is 0 Å². The van der Waals surface area contributed by atoms with Gasteiger partial charge in [0.1, 0.15) is 5.69 Å². The number of pyridine rings is 1. The number of rotatable bonds is 7. The average molecular weight is 330 g/mol. The first kappa shape index (κ1) is 17.0. The van der Waals surface area contributed by atoms with Crippen LogP contribution < -0.4 is 5.32 Å². The van der Waals surface area contributed by atoms with Crippen molar-refractivity contribution in [3.8, 4) is 0 Å². The molecule has 0 saturated heterocycles. The molecule has 0 aliphatic rings. The Morgan fingerprint density at radius 1 is 1.17 bits per heavy atom. The fraction of sp³-hybridized carbons (Fsp3) is 0.235. The average Bonchev–Trinajstić information content (AvgIpc) is 2.61. The van der Waals surface area contributed by atoms with Crippen molar-refractivity contribution in [3.05, 3.63) is 59.9 Å². The van der Waals surface area contributed by atoms with Gasteiger partial charge in [-0.05, 0) is 36.4 Å². The third-order valence-corrected chi connectivity index (χ3v) is 4.13. The van der Waals surface area contributed by atoms with Crippen molar-refractivity contribution < 1.29 is 14.3 Å². The van der Waals surface area contributed by atoms with Gasteiger partial charge < -0.3 is 10.1 Å². The van der Waals surface area contributed by atoms with Gasteiger partial charge >= 0.3 is 5.97 Å². The van der Waals surface area contributed by atoms with Crippen LogP contribution in [0.25, 0.3) is 0 Å². The van der Waals surface area contributed by atoms with E-state index in [2.05, 4.69) is 27.2 Å². The highest BCUT2D eigenvalue weighted by Gasteiger charge is 2.09. The smallest absolute Gasteiger partial charge is 0.339 e. The Hall–Kier alpha value is -2.34. The lowest BCUT2D eigenvalue weighted by molar-refractivity contribution is 0.0599. The number of aromatic nitrogens is 1. The zero-order chi connectivity index (χ0) is 16.5. The summed E-state index contributed by atoms with van der Waals surface area (Å²) in [7, 11) is 1.30. The van der Waals surface area contributed by atoms with Crippen LogP contribution >= 0.6 is 11.8 Å². The number of nitrogens with zero attached hydrogens (tertiary/aromatic N) is 1. The van der Waals surface area contributed by atoms with E-state index in [1.165, 1.54) is 30.3 Å². The fourth-order valence-electron chi connectivity index (χ4n) is 1.84. The van der Waals surface area contributed by atoms with Crippen LogP contribution in [-0.4, -0.2) is 36.3 Å². The summed E-state index contributed by atoms with van der Waals surface area (Å²) in [5, 5.41) is 2.82. The quantitative estimate of drug-likeness (QED) is 0.480. The molecule has 0 aliphatic heterocycles. The second-order valence-electron chi connectivity index (χ2n) is 4.69. The number of thioether (sulfide) groups is 1. The molecule has 0 spiro atoms. The first-order valence-electron chi connectivity index (χ1n) is 7.21. The first-order chi connectivity index (χ1) is 11.2. The van der Waals surface area contributed by atoms with E-state index >= 15 is 0 Å². The van der Waals surface area contributed by atoms with Crippen LogP contribution in [0.3, 0.4) is 0 Å². The normalized spacial score (nSPS) is 10.1. The molecule has 1 amide bonds. The summed E-state index contributed by atoms with van der Waals surface area (Å²) in [4.78, 5) is 28.4. The van der Waals surface area contributed by atoms with Gasteiger partial charge in [-0.15, -0.1) is 11.8 Å². The molecular formula is C17H18N2O3S. The molecule has 0 radical (unpaired) electrons. The molecule has 0 unspecified atom stereocenters. The molecule has 2 rings (SSSR count). The third kappa shape index (κ3) is 5.41. The third-order valence-electron chi connectivity index (χ3n) is 3.04. The van der Waals surface area contributed by atoms with E-state index in [1.807, 2.05) is 18.2 Å². The molecule has 1 N–H and O–H groups in total. The topological polar surface area (TPSA) is 68.3 Å². The maximum atomic E-state index is 11.9. The van der Waals surface area contributed by atoms with Gasteiger partial charge in [-0.1, -0.05) is 18.2 Å². The number of carbonyl (C=O) groups is 2. The second kappa shape index (κ2) is 8.95. The molecule has 1 aromatic carbocycles. The summed E-state index contributed by atoms with van der Waals surface area (Å²) in [5.41, 5.74) is 0.608. The number of nitrogens with one attached hydrogen (secondary N) is 1. The largest absolute Gasteiger partial charge is 0.465 e. The summed E-state index contributed by atoms with van der Waals surface area (Å²) < 4.78 is 4.58. The summed E-state index contributed by atoms with van der Waals surface area (Å²) in [6.07, 6.45) is 2.21. The van der Waals surface area contributed by atoms with Crippen molar-refractivity contribution in [2.45, 2.75) is 11.3 Å². The van der Waals surface area contributed by atoms with Gasteiger partial charge in [0.2, 0.25) is 0 Å². The molecule has 1 heterocycles. The van der Waals surface area contributed by atoms with Gasteiger partial charge in [0, 0.05) is 17.6 Å². The Balaban J connectivity index is 1.71. The summed E-state index contributed by atoms with van der Waals surface area (Å²) >= 11 is 1.76. The predicted octanol–water partition coefficient (Wildman–Crippen LogP) is 2.78. The van der Waals surface area contributed by atoms with Crippen molar-refractivity contribution in [1.82, 2.24) is 10.3 Å². The van der Waals surface area contributed by atoms with Gasteiger partial charge in [-0.25, -0.2) is 4.79 Å². The lowest BCUT2D eigenvalue weighted by atomic mass is 10.2. The summed E-state index contributed by atoms with van der Waals surface area (Å²) in [6, 6.07) is 13.2. The number of hydrogen-bond donors (Lipinski definition) is 1. The first-order valence-corrected chi connectivity index (χ1v) is 8.19. The highest BCUT2D eigenvalue weighted by molar-refractivity contribution is 7.99. The van der Waals surface area contributed by atoms with Gasteiger partial charge in [0.05, 0.1) is 12.7 Å². The molecule has 0 fully saturated rings. The SMILES string of the molecule is COC(=O)c1ccc(C(=O)NCCCSc2ccccc2)nc1. The van der Waals surface area contributed by atoms with E-state index in [9.17, 15) is 9.59 Å². The lowest BCUT2D eigenvalue weighted by Gasteiger charge is -2.05. The van der Waals surface area contributed by atoms with Crippen LogP contribution in [0, 0.1) is 0 Å². The van der Waals surface area contributed by atoms with Crippen molar-refractivity contribution in [2.75, 3.05) is 19.4 Å². The van der Waals surface area contributed by atoms with Crippen LogP contribution in [0.15, 0.2) is 53.6 Å². The van der Waals surface area contributed by atoms with E-state index in [1.54, 1.807) is 11.8 Å². The van der Waals surface area contributed by atoms with Gasteiger partial charge in [-0.3, -0.25) is 9.78 Å². The second-order valence-corrected chi connectivity index (χ2v) is 5.86. The Morgan fingerprint density at radius 2 is 1.96 bits per heavy atom. The van der Waals surface area contributed by atoms with E-state index < -0.39 is 5.97 Å². The van der Waals surface area contributed by atoms with Crippen LogP contribution in [-0.2, 0) is 4.74 Å². The maximum Gasteiger partial charge on any atom is 0.339 e. The molecule has 0 atom stereocenters. The molecule has 2 aromatic rings. The van der Waals surface area contributed by atoms with Crippen molar-refractivity contribution in [2.24, 2.45) is 0 Å². The van der Waals surface area contributed by atoms with E-state index in [-0.39, 0.29) is 11.6 Å². The number of carbonyl (C=O) groups excluding carboxylic acids is 2. The van der Waals surface area contributed by atoms with E-state index in [0.717, 1.165) is 12.2 Å². The molecule has 1 aromatic heterocycles. The van der Waals surface area contributed by atoms with Crippen LogP contribution in [0.4, 0.5) is 0 Å². The number of esters is 1. The highest BCUT2D eigenvalue weighted by Crippen LogP contribution is 2.17.